The topological polar surface area (TPSA) is 29.5 Å². The average molecular weight is 387 g/mol. The largest absolute Gasteiger partial charge is 0.488 e. The van der Waals surface area contributed by atoms with Crippen LogP contribution in [0, 0.1) is 0 Å². The zero-order valence-electron chi connectivity index (χ0n) is 15.7. The molecule has 0 aliphatic heterocycles. The number of ether oxygens (including phenoxy) is 1. The third-order valence-electron chi connectivity index (χ3n) is 4.73. The van der Waals surface area contributed by atoms with Gasteiger partial charge in [-0.1, -0.05) is 72.8 Å². The van der Waals surface area contributed by atoms with Crippen molar-refractivity contribution >= 4 is 11.3 Å². The number of aliphatic hydroxyl groups excluding tert-OH is 1. The van der Waals surface area contributed by atoms with Crippen molar-refractivity contribution in [1.29, 1.82) is 0 Å². The van der Waals surface area contributed by atoms with Gasteiger partial charge >= 0.3 is 0 Å². The highest BCUT2D eigenvalue weighted by atomic mass is 32.1. The standard InChI is InChI=1S/C25H22O2S/c1-18(26)20-11-13-21(14-12-20)25-23(15-16-28-25)22-9-5-6-10-24(22)27-17-19-7-3-2-4-8-19/h2-16,18,26H,17H2,1H3. The van der Waals surface area contributed by atoms with Gasteiger partial charge in [0.2, 0.25) is 0 Å². The molecule has 4 rings (SSSR count). The molecule has 0 saturated carbocycles. The summed E-state index contributed by atoms with van der Waals surface area (Å²) in [6, 6.07) is 28.7. The Hall–Kier alpha value is -2.88. The lowest BCUT2D eigenvalue weighted by atomic mass is 10.0. The highest BCUT2D eigenvalue weighted by Gasteiger charge is 2.14. The van der Waals surface area contributed by atoms with E-state index in [1.165, 1.54) is 10.4 Å². The van der Waals surface area contributed by atoms with Crippen LogP contribution in [0.2, 0.25) is 0 Å². The van der Waals surface area contributed by atoms with Crippen molar-refractivity contribution in [3.8, 4) is 27.3 Å². The fourth-order valence-electron chi connectivity index (χ4n) is 3.21. The Kier molecular flexibility index (Phi) is 5.56. The van der Waals surface area contributed by atoms with Crippen LogP contribution in [0.15, 0.2) is 90.3 Å². The first-order valence-electron chi connectivity index (χ1n) is 9.34. The first-order valence-corrected chi connectivity index (χ1v) is 10.2. The molecule has 0 saturated heterocycles. The van der Waals surface area contributed by atoms with Gasteiger partial charge in [0.05, 0.1) is 6.10 Å². The molecule has 0 amide bonds. The molecule has 0 fully saturated rings. The van der Waals surface area contributed by atoms with Crippen molar-refractivity contribution in [2.24, 2.45) is 0 Å². The predicted molar refractivity (Wildman–Crippen MR) is 117 cm³/mol. The zero-order chi connectivity index (χ0) is 19.3. The first kappa shape index (κ1) is 18.5. The number of benzene rings is 3. The Bertz CT molecular complexity index is 1030. The van der Waals surface area contributed by atoms with Crippen LogP contribution in [-0.4, -0.2) is 5.11 Å². The van der Waals surface area contributed by atoms with Gasteiger partial charge in [-0.05, 0) is 41.1 Å². The van der Waals surface area contributed by atoms with Crippen LogP contribution >= 0.6 is 11.3 Å². The summed E-state index contributed by atoms with van der Waals surface area (Å²) in [5.74, 6) is 0.881. The average Bonchev–Trinajstić information content (AvgIpc) is 3.23. The van der Waals surface area contributed by atoms with Crippen molar-refractivity contribution in [1.82, 2.24) is 0 Å². The molecule has 1 aromatic heterocycles. The summed E-state index contributed by atoms with van der Waals surface area (Å²) >= 11 is 1.72. The van der Waals surface area contributed by atoms with E-state index in [1.54, 1.807) is 18.3 Å². The molecule has 0 bridgehead atoms. The molecule has 1 unspecified atom stereocenters. The van der Waals surface area contributed by atoms with Crippen LogP contribution < -0.4 is 4.74 Å². The smallest absolute Gasteiger partial charge is 0.127 e. The van der Waals surface area contributed by atoms with Crippen LogP contribution in [0.25, 0.3) is 21.6 Å². The summed E-state index contributed by atoms with van der Waals surface area (Å²) in [5, 5.41) is 11.9. The van der Waals surface area contributed by atoms with Crippen molar-refractivity contribution < 1.29 is 9.84 Å². The Morgan fingerprint density at radius 3 is 2.29 bits per heavy atom. The lowest BCUT2D eigenvalue weighted by Crippen LogP contribution is -1.96. The number of aliphatic hydroxyl groups is 1. The zero-order valence-corrected chi connectivity index (χ0v) is 16.5. The lowest BCUT2D eigenvalue weighted by molar-refractivity contribution is 0.199. The van der Waals surface area contributed by atoms with Gasteiger partial charge in [0.15, 0.2) is 0 Å². The summed E-state index contributed by atoms with van der Waals surface area (Å²) in [7, 11) is 0. The van der Waals surface area contributed by atoms with E-state index in [2.05, 4.69) is 41.8 Å². The molecule has 0 radical (unpaired) electrons. The van der Waals surface area contributed by atoms with Crippen LogP contribution in [0.3, 0.4) is 0 Å². The third-order valence-corrected chi connectivity index (χ3v) is 5.70. The van der Waals surface area contributed by atoms with Gasteiger partial charge in [0.1, 0.15) is 12.4 Å². The third kappa shape index (κ3) is 4.01. The van der Waals surface area contributed by atoms with Crippen LogP contribution in [0.4, 0.5) is 0 Å². The Balaban J connectivity index is 1.65. The highest BCUT2D eigenvalue weighted by molar-refractivity contribution is 7.14. The molecular formula is C25H22O2S. The van der Waals surface area contributed by atoms with E-state index in [1.807, 2.05) is 48.5 Å². The minimum atomic E-state index is -0.455. The minimum Gasteiger partial charge on any atom is -0.488 e. The van der Waals surface area contributed by atoms with Gasteiger partial charge < -0.3 is 9.84 Å². The van der Waals surface area contributed by atoms with E-state index in [9.17, 15) is 5.11 Å². The second kappa shape index (κ2) is 8.42. The van der Waals surface area contributed by atoms with Gasteiger partial charge in [-0.3, -0.25) is 0 Å². The highest BCUT2D eigenvalue weighted by Crippen LogP contribution is 2.41. The lowest BCUT2D eigenvalue weighted by Gasteiger charge is -2.13. The number of rotatable bonds is 6. The molecule has 140 valence electrons. The number of thiophene rings is 1. The van der Waals surface area contributed by atoms with Crippen LogP contribution in [0.5, 0.6) is 5.75 Å². The number of para-hydroxylation sites is 1. The fraction of sp³-hybridized carbons (Fsp3) is 0.120. The van der Waals surface area contributed by atoms with Crippen molar-refractivity contribution in [3.63, 3.8) is 0 Å². The van der Waals surface area contributed by atoms with Crippen molar-refractivity contribution in [2.45, 2.75) is 19.6 Å². The van der Waals surface area contributed by atoms with E-state index < -0.39 is 6.10 Å². The maximum absolute atomic E-state index is 9.75. The normalized spacial score (nSPS) is 11.9. The summed E-state index contributed by atoms with van der Waals surface area (Å²) in [6.07, 6.45) is -0.455. The molecule has 2 nitrogen and oxygen atoms in total. The maximum Gasteiger partial charge on any atom is 0.127 e. The van der Waals surface area contributed by atoms with Gasteiger partial charge in [0.25, 0.3) is 0 Å². The van der Waals surface area contributed by atoms with E-state index in [4.69, 9.17) is 4.74 Å². The summed E-state index contributed by atoms with van der Waals surface area (Å²) < 4.78 is 6.16. The molecule has 1 heterocycles. The summed E-state index contributed by atoms with van der Waals surface area (Å²) in [5.41, 5.74) is 5.48. The molecule has 28 heavy (non-hydrogen) atoms. The van der Waals surface area contributed by atoms with E-state index >= 15 is 0 Å². The van der Waals surface area contributed by atoms with E-state index in [-0.39, 0.29) is 0 Å². The second-order valence-electron chi connectivity index (χ2n) is 6.73. The van der Waals surface area contributed by atoms with Gasteiger partial charge in [-0.2, -0.15) is 0 Å². The Morgan fingerprint density at radius 1 is 0.821 bits per heavy atom. The number of hydrogen-bond donors (Lipinski definition) is 1. The molecule has 0 spiro atoms. The van der Waals surface area contributed by atoms with Crippen LogP contribution in [0.1, 0.15) is 24.2 Å². The van der Waals surface area contributed by atoms with Gasteiger partial charge in [-0.25, -0.2) is 0 Å². The van der Waals surface area contributed by atoms with E-state index in [0.717, 1.165) is 28.0 Å². The van der Waals surface area contributed by atoms with Crippen LogP contribution in [-0.2, 0) is 6.61 Å². The summed E-state index contributed by atoms with van der Waals surface area (Å²) in [6.45, 7) is 2.33. The number of hydrogen-bond acceptors (Lipinski definition) is 3. The molecule has 3 aromatic carbocycles. The Morgan fingerprint density at radius 2 is 1.54 bits per heavy atom. The molecule has 1 N–H and O–H groups in total. The molecule has 4 aromatic rings. The molecule has 0 aliphatic carbocycles. The van der Waals surface area contributed by atoms with Crippen molar-refractivity contribution in [2.75, 3.05) is 0 Å². The predicted octanol–water partition coefficient (Wildman–Crippen LogP) is 6.71. The Labute approximate surface area is 169 Å². The quantitative estimate of drug-likeness (QED) is 0.399. The maximum atomic E-state index is 9.75. The minimum absolute atomic E-state index is 0.455. The monoisotopic (exact) mass is 386 g/mol. The van der Waals surface area contributed by atoms with Crippen molar-refractivity contribution in [3.05, 3.63) is 101 Å². The molecule has 3 heteroatoms. The molecule has 1 atom stereocenters. The molecular weight excluding hydrogens is 364 g/mol. The SMILES string of the molecule is CC(O)c1ccc(-c2sccc2-c2ccccc2OCc2ccccc2)cc1. The van der Waals surface area contributed by atoms with Gasteiger partial charge in [0, 0.05) is 16.0 Å². The van der Waals surface area contributed by atoms with E-state index in [0.29, 0.717) is 6.61 Å². The fourth-order valence-corrected chi connectivity index (χ4v) is 4.13. The second-order valence-corrected chi connectivity index (χ2v) is 7.65. The molecule has 0 aliphatic rings. The summed E-state index contributed by atoms with van der Waals surface area (Å²) in [4.78, 5) is 1.20. The van der Waals surface area contributed by atoms with Gasteiger partial charge in [-0.15, -0.1) is 11.3 Å². The first-order chi connectivity index (χ1) is 13.7.